The van der Waals surface area contributed by atoms with Gasteiger partial charge < -0.3 is 30.0 Å². The minimum Gasteiger partial charge on any atom is -0.481 e. The number of aromatic nitrogens is 2. The molecule has 2 aliphatic carbocycles. The van der Waals surface area contributed by atoms with E-state index in [9.17, 15) is 14.7 Å². The molecule has 2 aliphatic heterocycles. The van der Waals surface area contributed by atoms with Crippen LogP contribution in [0.25, 0.3) is 22.4 Å². The molecule has 0 bridgehead atoms. The number of carbonyl (C=O) groups is 2. The number of nitrogens with zero attached hydrogens (tertiary/aromatic N) is 3. The topological polar surface area (TPSA) is 135 Å². The predicted octanol–water partition coefficient (Wildman–Crippen LogP) is 6.64. The van der Waals surface area contributed by atoms with Crippen molar-refractivity contribution in [3.63, 3.8) is 0 Å². The second-order valence-corrected chi connectivity index (χ2v) is 15.5. The molecule has 3 fully saturated rings. The number of hydrogen-bond donors (Lipinski definition) is 3. The third kappa shape index (κ3) is 6.98. The highest BCUT2D eigenvalue weighted by atomic mass is 35.5. The van der Waals surface area contributed by atoms with Crippen LogP contribution in [0, 0.1) is 24.7 Å². The first-order chi connectivity index (χ1) is 26.1. The Bertz CT molecular complexity index is 2120. The smallest absolute Gasteiger partial charge is 0.307 e. The lowest BCUT2D eigenvalue weighted by molar-refractivity contribution is -0.139. The molecule has 0 spiro atoms. The van der Waals surface area contributed by atoms with E-state index in [0.29, 0.717) is 53.7 Å². The molecule has 4 heterocycles. The fraction of sp³-hybridized carbons (Fsp3) is 0.415. The second kappa shape index (κ2) is 15.0. The maximum absolute atomic E-state index is 11.5. The molecule has 5 atom stereocenters. The van der Waals surface area contributed by atoms with Crippen LogP contribution in [0.5, 0.6) is 17.6 Å². The van der Waals surface area contributed by atoms with Crippen LogP contribution in [0.2, 0.25) is 10.0 Å². The summed E-state index contributed by atoms with van der Waals surface area (Å²) >= 11 is 14.0. The van der Waals surface area contributed by atoms with Crippen LogP contribution in [0.15, 0.2) is 48.5 Å². The van der Waals surface area contributed by atoms with Crippen LogP contribution in [0.3, 0.4) is 0 Å². The summed E-state index contributed by atoms with van der Waals surface area (Å²) in [6, 6.07) is 16.2. The Hall–Kier alpha value is -4.42. The molecule has 3 N–H and O–H groups in total. The molecule has 1 amide bonds. The summed E-state index contributed by atoms with van der Waals surface area (Å²) in [6.07, 6.45) is 2.65. The number of piperidine rings is 1. The molecule has 1 unspecified atom stereocenters. The normalized spacial score (nSPS) is 22.8. The summed E-state index contributed by atoms with van der Waals surface area (Å²) in [5.74, 6) is 0.978. The quantitative estimate of drug-likeness (QED) is 0.136. The van der Waals surface area contributed by atoms with Gasteiger partial charge in [-0.25, -0.2) is 4.98 Å². The van der Waals surface area contributed by atoms with Crippen LogP contribution in [0.1, 0.15) is 53.2 Å². The van der Waals surface area contributed by atoms with Gasteiger partial charge in [-0.2, -0.15) is 4.98 Å². The van der Waals surface area contributed by atoms with E-state index >= 15 is 0 Å². The lowest BCUT2D eigenvalue weighted by Crippen LogP contribution is -2.35. The van der Waals surface area contributed by atoms with Gasteiger partial charge in [-0.15, -0.1) is 0 Å². The Kier molecular flexibility index (Phi) is 10.2. The Morgan fingerprint density at radius 1 is 0.963 bits per heavy atom. The van der Waals surface area contributed by atoms with Crippen LogP contribution in [0.4, 0.5) is 0 Å². The Morgan fingerprint density at radius 2 is 1.70 bits per heavy atom. The minimum atomic E-state index is -0.680. The summed E-state index contributed by atoms with van der Waals surface area (Å²) in [5.41, 5.74) is 8.55. The van der Waals surface area contributed by atoms with Crippen molar-refractivity contribution in [2.75, 3.05) is 33.9 Å². The molecule has 282 valence electrons. The molecular weight excluding hydrogens is 729 g/mol. The Morgan fingerprint density at radius 3 is 2.43 bits per heavy atom. The number of nitrogens with one attached hydrogen (secondary N) is 2. The van der Waals surface area contributed by atoms with Crippen LogP contribution < -0.4 is 24.8 Å². The van der Waals surface area contributed by atoms with Crippen molar-refractivity contribution in [3.05, 3.63) is 86.4 Å². The van der Waals surface area contributed by atoms with Crippen molar-refractivity contribution in [1.82, 2.24) is 25.5 Å². The van der Waals surface area contributed by atoms with Gasteiger partial charge in [0.05, 0.1) is 30.9 Å². The summed E-state index contributed by atoms with van der Waals surface area (Å²) in [7, 11) is 3.21. The van der Waals surface area contributed by atoms with Crippen LogP contribution in [-0.2, 0) is 29.1 Å². The van der Waals surface area contributed by atoms with Gasteiger partial charge in [0.25, 0.3) is 0 Å². The monoisotopic (exact) mass is 771 g/mol. The number of benzene rings is 2. The molecule has 13 heteroatoms. The predicted molar refractivity (Wildman–Crippen MR) is 205 cm³/mol. The van der Waals surface area contributed by atoms with Crippen molar-refractivity contribution in [2.45, 2.75) is 57.8 Å². The van der Waals surface area contributed by atoms with Gasteiger partial charge >= 0.3 is 5.97 Å². The van der Waals surface area contributed by atoms with Crippen molar-refractivity contribution < 1.29 is 28.9 Å². The summed E-state index contributed by atoms with van der Waals surface area (Å²) in [4.78, 5) is 34.9. The van der Waals surface area contributed by atoms with Gasteiger partial charge in [0.15, 0.2) is 0 Å². The van der Waals surface area contributed by atoms with E-state index in [1.54, 1.807) is 14.2 Å². The highest BCUT2D eigenvalue weighted by molar-refractivity contribution is 6.36. The van der Waals surface area contributed by atoms with Crippen LogP contribution in [-0.4, -0.2) is 71.7 Å². The largest absolute Gasteiger partial charge is 0.481 e. The fourth-order valence-corrected chi connectivity index (χ4v) is 9.20. The number of methoxy groups -OCH3 is 2. The van der Waals surface area contributed by atoms with E-state index < -0.39 is 5.97 Å². The van der Waals surface area contributed by atoms with E-state index in [4.69, 9.17) is 42.4 Å². The summed E-state index contributed by atoms with van der Waals surface area (Å²) < 4.78 is 17.9. The van der Waals surface area contributed by atoms with E-state index in [2.05, 4.69) is 45.6 Å². The fourth-order valence-electron chi connectivity index (χ4n) is 8.66. The van der Waals surface area contributed by atoms with Crippen molar-refractivity contribution in [3.8, 4) is 40.0 Å². The number of carboxylic acids is 1. The molecule has 1 saturated carbocycles. The lowest BCUT2D eigenvalue weighted by Gasteiger charge is -2.22. The average Bonchev–Trinajstić information content (AvgIpc) is 3.47. The highest BCUT2D eigenvalue weighted by Gasteiger charge is 2.59. The number of ether oxygens (including phenoxy) is 3. The van der Waals surface area contributed by atoms with Gasteiger partial charge in [-0.1, -0.05) is 59.6 Å². The molecule has 54 heavy (non-hydrogen) atoms. The van der Waals surface area contributed by atoms with Gasteiger partial charge in [-0.05, 0) is 72.4 Å². The third-order valence-corrected chi connectivity index (χ3v) is 12.1. The number of amides is 1. The van der Waals surface area contributed by atoms with E-state index in [1.165, 1.54) is 0 Å². The number of carboxylic acid groups (broad SMARTS) is 1. The number of aliphatic carboxylic acids is 1. The van der Waals surface area contributed by atoms with Gasteiger partial charge in [0, 0.05) is 67.4 Å². The maximum Gasteiger partial charge on any atom is 0.307 e. The number of carbonyl (C=O) groups excluding carboxylic acids is 1. The molecule has 2 saturated heterocycles. The number of aryl methyl sites for hydroxylation is 1. The number of hydrogen-bond acceptors (Lipinski definition) is 9. The number of fused-ring (bicyclic) bond motifs is 2. The summed E-state index contributed by atoms with van der Waals surface area (Å²) in [5, 5.41) is 16.8. The third-order valence-electron chi connectivity index (χ3n) is 11.4. The molecule has 2 aromatic carbocycles. The number of halogens is 2. The van der Waals surface area contributed by atoms with E-state index in [0.717, 1.165) is 82.6 Å². The number of likely N-dealkylation sites (tertiary alicyclic amines) is 1. The van der Waals surface area contributed by atoms with Crippen molar-refractivity contribution in [1.29, 1.82) is 0 Å². The Balaban J connectivity index is 0.997. The first kappa shape index (κ1) is 36.6. The first-order valence-electron chi connectivity index (χ1n) is 18.4. The zero-order valence-electron chi connectivity index (χ0n) is 30.5. The average molecular weight is 773 g/mol. The highest BCUT2D eigenvalue weighted by Crippen LogP contribution is 2.52. The van der Waals surface area contributed by atoms with E-state index in [-0.39, 0.29) is 35.8 Å². The number of pyridine rings is 2. The first-order valence-corrected chi connectivity index (χ1v) is 19.2. The van der Waals surface area contributed by atoms with Crippen molar-refractivity contribution >= 4 is 35.1 Å². The zero-order valence-corrected chi connectivity index (χ0v) is 32.0. The van der Waals surface area contributed by atoms with Crippen LogP contribution >= 0.6 is 23.2 Å². The second-order valence-electron chi connectivity index (χ2n) is 14.8. The molecule has 8 rings (SSSR count). The summed E-state index contributed by atoms with van der Waals surface area (Å²) in [6.45, 7) is 5.40. The number of rotatable bonds is 13. The lowest BCUT2D eigenvalue weighted by atomic mass is 9.94. The molecule has 0 radical (unpaired) electrons. The zero-order chi connectivity index (χ0) is 37.7. The molecule has 4 aliphatic rings. The SMILES string of the molecule is COc1nc(O[C@H]2CCc3c(-c4cccc(-c5cc(C)c(CN6C[C@@H]7C(C(=O)O)[C@@H]7C6)c(OC)n5)c4Cl)cccc32)c(Cl)cc1CNC[C@@H]1CCC(=O)N1. The van der Waals surface area contributed by atoms with Gasteiger partial charge in [-0.3, -0.25) is 14.5 Å². The van der Waals surface area contributed by atoms with E-state index in [1.807, 2.05) is 30.3 Å². The Labute approximate surface area is 324 Å². The minimum absolute atomic E-state index is 0.0867. The maximum atomic E-state index is 11.5. The molecule has 11 nitrogen and oxygen atoms in total. The molecule has 4 aromatic rings. The van der Waals surface area contributed by atoms with Gasteiger partial charge in [0.1, 0.15) is 11.1 Å². The van der Waals surface area contributed by atoms with Crippen molar-refractivity contribution in [2.24, 2.45) is 17.8 Å². The van der Waals surface area contributed by atoms with Gasteiger partial charge in [0.2, 0.25) is 23.5 Å². The molecule has 2 aromatic heterocycles. The molecular formula is C41H43Cl2N5O6. The standard InChI is InChI=1S/C41H43Cl2N5O6/c1-21-14-33(46-39(53-3)29(21)18-48-19-30-31(20-48)36(30)41(50)51)28-9-5-8-27(37(28)43)24-6-4-7-26-25(24)11-12-34(26)54-40-32(42)15-22(38(47-40)52-2)16-44-17-23-10-13-35(49)45-23/h4-9,14-15,23,30-31,34,36,44H,10-13,16-20H2,1-3H3,(H,45,49)(H,50,51)/t23-,30-,31+,34-,36?/m0/s1.